The van der Waals surface area contributed by atoms with Gasteiger partial charge in [0, 0.05) is 15.8 Å². The summed E-state index contributed by atoms with van der Waals surface area (Å²) in [5, 5.41) is 5.09. The molecule has 0 spiro atoms. The van der Waals surface area contributed by atoms with Gasteiger partial charge in [0.15, 0.2) is 5.17 Å². The molecule has 2 nitrogen and oxygen atoms in total. The summed E-state index contributed by atoms with van der Waals surface area (Å²) in [5.41, 5.74) is 1.50. The number of thioether (sulfide) groups is 2. The summed E-state index contributed by atoms with van der Waals surface area (Å²) in [6, 6.07) is 8.51. The van der Waals surface area contributed by atoms with Gasteiger partial charge in [-0.05, 0) is 42.4 Å². The molecule has 1 heterocycles. The summed E-state index contributed by atoms with van der Waals surface area (Å²) >= 11 is 3.64. The molecule has 0 amide bonds. The van der Waals surface area contributed by atoms with Gasteiger partial charge in [-0.3, -0.25) is 4.99 Å². The maximum absolute atomic E-state index is 4.60. The van der Waals surface area contributed by atoms with Gasteiger partial charge in [-0.2, -0.15) is 0 Å². The molecule has 1 N–H and O–H groups in total. The average molecular weight is 294 g/mol. The van der Waals surface area contributed by atoms with Crippen LogP contribution in [0.1, 0.15) is 27.2 Å². The molecular weight excluding hydrogens is 272 g/mol. The van der Waals surface area contributed by atoms with Gasteiger partial charge in [0.25, 0.3) is 0 Å². The maximum Gasteiger partial charge on any atom is 0.161 e. The van der Waals surface area contributed by atoms with Crippen molar-refractivity contribution in [2.75, 3.05) is 18.1 Å². The van der Waals surface area contributed by atoms with Gasteiger partial charge in [-0.1, -0.05) is 32.5 Å². The van der Waals surface area contributed by atoms with Crippen molar-refractivity contribution >= 4 is 34.4 Å². The number of nitrogens with one attached hydrogen (secondary N) is 1. The van der Waals surface area contributed by atoms with Crippen molar-refractivity contribution in [3.05, 3.63) is 24.3 Å². The van der Waals surface area contributed by atoms with Gasteiger partial charge in [-0.15, -0.1) is 11.8 Å². The molecule has 1 aliphatic rings. The number of rotatable bonds is 3. The summed E-state index contributed by atoms with van der Waals surface area (Å²) in [4.78, 5) is 5.89. The zero-order chi connectivity index (χ0) is 13.9. The summed E-state index contributed by atoms with van der Waals surface area (Å²) < 4.78 is 0. The quantitative estimate of drug-likeness (QED) is 0.816. The number of aliphatic imine (C=N–C) groups is 1. The predicted molar refractivity (Wildman–Crippen MR) is 89.6 cm³/mol. The molecular formula is C15H22N2S2. The summed E-state index contributed by atoms with van der Waals surface area (Å²) in [6.07, 6.45) is 3.30. The lowest BCUT2D eigenvalue weighted by molar-refractivity contribution is 0.375. The van der Waals surface area contributed by atoms with Gasteiger partial charge in [0.1, 0.15) is 0 Å². The average Bonchev–Trinajstić information content (AvgIpc) is 2.75. The van der Waals surface area contributed by atoms with E-state index in [9.17, 15) is 0 Å². The normalized spacial score (nSPS) is 19.4. The Balaban J connectivity index is 1.87. The van der Waals surface area contributed by atoms with E-state index in [-0.39, 0.29) is 0 Å². The molecule has 104 valence electrons. The van der Waals surface area contributed by atoms with Gasteiger partial charge < -0.3 is 5.32 Å². The molecule has 0 aromatic heterocycles. The largest absolute Gasteiger partial charge is 0.335 e. The third-order valence-electron chi connectivity index (χ3n) is 2.90. The van der Waals surface area contributed by atoms with E-state index in [0.29, 0.717) is 10.7 Å². The summed E-state index contributed by atoms with van der Waals surface area (Å²) in [5.74, 6) is 0. The van der Waals surface area contributed by atoms with E-state index in [2.05, 4.69) is 61.6 Å². The Bertz CT molecular complexity index is 446. The zero-order valence-corrected chi connectivity index (χ0v) is 13.7. The van der Waals surface area contributed by atoms with Crippen LogP contribution in [0.2, 0.25) is 0 Å². The van der Waals surface area contributed by atoms with Crippen molar-refractivity contribution in [2.45, 2.75) is 37.3 Å². The molecule has 4 heteroatoms. The summed E-state index contributed by atoms with van der Waals surface area (Å²) in [7, 11) is 0. The fourth-order valence-electron chi connectivity index (χ4n) is 2.07. The molecule has 1 aliphatic heterocycles. The third kappa shape index (κ3) is 4.77. The van der Waals surface area contributed by atoms with Crippen molar-refractivity contribution in [1.82, 2.24) is 0 Å². The second-order valence-corrected chi connectivity index (χ2v) is 8.17. The van der Waals surface area contributed by atoms with Crippen LogP contribution in [0.4, 0.5) is 5.69 Å². The van der Waals surface area contributed by atoms with Crippen molar-refractivity contribution in [1.29, 1.82) is 0 Å². The number of amidine groups is 1. The van der Waals surface area contributed by atoms with Gasteiger partial charge >= 0.3 is 0 Å². The highest BCUT2D eigenvalue weighted by atomic mass is 32.2. The first-order valence-corrected chi connectivity index (χ1v) is 8.69. The van der Waals surface area contributed by atoms with Crippen LogP contribution in [0.3, 0.4) is 0 Å². The lowest BCUT2D eigenvalue weighted by Gasteiger charge is -2.21. The highest BCUT2D eigenvalue weighted by Crippen LogP contribution is 2.32. The van der Waals surface area contributed by atoms with Crippen LogP contribution in [0.5, 0.6) is 0 Å². The Labute approximate surface area is 124 Å². The highest BCUT2D eigenvalue weighted by molar-refractivity contribution is 8.15. The molecule has 1 aromatic carbocycles. The SMILES string of the molecule is CSc1ccc(NC2=NCC(CC(C)(C)C)S2)cc1. The fourth-order valence-corrected chi connectivity index (χ4v) is 3.86. The van der Waals surface area contributed by atoms with Crippen LogP contribution in [0.25, 0.3) is 0 Å². The molecule has 1 unspecified atom stereocenters. The van der Waals surface area contributed by atoms with Crippen LogP contribution >= 0.6 is 23.5 Å². The molecule has 0 bridgehead atoms. The number of nitrogens with zero attached hydrogens (tertiary/aromatic N) is 1. The molecule has 0 saturated carbocycles. The Morgan fingerprint density at radius 3 is 2.58 bits per heavy atom. The van der Waals surface area contributed by atoms with Crippen molar-refractivity contribution in [2.24, 2.45) is 10.4 Å². The first-order chi connectivity index (χ1) is 8.96. The van der Waals surface area contributed by atoms with Crippen molar-refractivity contribution in [3.8, 4) is 0 Å². The van der Waals surface area contributed by atoms with E-state index < -0.39 is 0 Å². The molecule has 1 atom stereocenters. The van der Waals surface area contributed by atoms with Crippen molar-refractivity contribution < 1.29 is 0 Å². The lowest BCUT2D eigenvalue weighted by Crippen LogP contribution is -2.16. The minimum Gasteiger partial charge on any atom is -0.335 e. The first kappa shape index (κ1) is 14.8. The standard InChI is InChI=1S/C15H22N2S2/c1-15(2,3)9-13-10-16-14(19-13)17-11-5-7-12(18-4)8-6-11/h5-8,13H,9-10H2,1-4H3,(H,16,17). The number of anilines is 1. The summed E-state index contributed by atoms with van der Waals surface area (Å²) in [6.45, 7) is 7.81. The monoisotopic (exact) mass is 294 g/mol. The second kappa shape index (κ2) is 6.23. The number of hydrogen-bond acceptors (Lipinski definition) is 4. The molecule has 0 saturated heterocycles. The molecule has 0 aliphatic carbocycles. The first-order valence-electron chi connectivity index (χ1n) is 6.58. The van der Waals surface area contributed by atoms with E-state index in [1.54, 1.807) is 11.8 Å². The number of hydrogen-bond donors (Lipinski definition) is 1. The van der Waals surface area contributed by atoms with Gasteiger partial charge in [0.2, 0.25) is 0 Å². The minimum atomic E-state index is 0.378. The van der Waals surface area contributed by atoms with Crippen LogP contribution in [-0.4, -0.2) is 23.2 Å². The van der Waals surface area contributed by atoms with Crippen LogP contribution in [-0.2, 0) is 0 Å². The van der Waals surface area contributed by atoms with Gasteiger partial charge in [-0.25, -0.2) is 0 Å². The topological polar surface area (TPSA) is 24.4 Å². The zero-order valence-electron chi connectivity index (χ0n) is 12.1. The second-order valence-electron chi connectivity index (χ2n) is 6.00. The van der Waals surface area contributed by atoms with E-state index in [1.165, 1.54) is 11.3 Å². The van der Waals surface area contributed by atoms with E-state index in [0.717, 1.165) is 17.4 Å². The third-order valence-corrected chi connectivity index (χ3v) is 4.75. The molecule has 0 radical (unpaired) electrons. The number of benzene rings is 1. The minimum absolute atomic E-state index is 0.378. The van der Waals surface area contributed by atoms with E-state index in [4.69, 9.17) is 0 Å². The molecule has 0 fully saturated rings. The van der Waals surface area contributed by atoms with Crippen LogP contribution in [0, 0.1) is 5.41 Å². The predicted octanol–water partition coefficient (Wildman–Crippen LogP) is 4.73. The highest BCUT2D eigenvalue weighted by Gasteiger charge is 2.24. The molecule has 2 rings (SSSR count). The van der Waals surface area contributed by atoms with Crippen LogP contribution < -0.4 is 5.32 Å². The Morgan fingerprint density at radius 1 is 1.32 bits per heavy atom. The van der Waals surface area contributed by atoms with E-state index in [1.807, 2.05) is 11.8 Å². The van der Waals surface area contributed by atoms with Gasteiger partial charge in [0.05, 0.1) is 6.54 Å². The Morgan fingerprint density at radius 2 is 2.00 bits per heavy atom. The Hall–Kier alpha value is -0.610. The molecule has 1 aromatic rings. The lowest BCUT2D eigenvalue weighted by atomic mass is 9.90. The Kier molecular flexibility index (Phi) is 4.85. The maximum atomic E-state index is 4.60. The van der Waals surface area contributed by atoms with E-state index >= 15 is 0 Å². The molecule has 19 heavy (non-hydrogen) atoms. The van der Waals surface area contributed by atoms with Crippen molar-refractivity contribution in [3.63, 3.8) is 0 Å². The smallest absolute Gasteiger partial charge is 0.161 e. The van der Waals surface area contributed by atoms with Crippen LogP contribution in [0.15, 0.2) is 34.2 Å². The fraction of sp³-hybridized carbons (Fsp3) is 0.533.